The molecule has 5 rings (SSSR count). The number of benzene rings is 2. The average molecular weight is 551 g/mol. The molecular weight excluding hydrogens is 511 g/mol. The van der Waals surface area contributed by atoms with Gasteiger partial charge in [0, 0.05) is 37.3 Å². The summed E-state index contributed by atoms with van der Waals surface area (Å²) >= 11 is 0. The zero-order valence-electron chi connectivity index (χ0n) is 23.5. The van der Waals surface area contributed by atoms with Crippen LogP contribution in [0, 0.1) is 11.7 Å². The van der Waals surface area contributed by atoms with Crippen LogP contribution in [-0.4, -0.2) is 50.3 Å². The average Bonchev–Trinajstić information content (AvgIpc) is 3.34. The van der Waals surface area contributed by atoms with E-state index in [4.69, 9.17) is 0 Å². The van der Waals surface area contributed by atoms with Crippen LogP contribution in [0.4, 0.5) is 10.1 Å². The molecule has 0 spiro atoms. The molecule has 0 saturated carbocycles. The Morgan fingerprint density at radius 3 is 2.31 bits per heavy atom. The fourth-order valence-corrected chi connectivity index (χ4v) is 7.11. The molecule has 0 unspecified atom stereocenters. The predicted octanol–water partition coefficient (Wildman–Crippen LogP) is 5.58. The van der Waals surface area contributed by atoms with Gasteiger partial charge in [-0.1, -0.05) is 46.8 Å². The monoisotopic (exact) mass is 550 g/mol. The smallest absolute Gasteiger partial charge is 0.243 e. The standard InChI is InChI=1S/C31H39FN4O2S/c1-6-34(7-2)20-29-27-19-33-36(25-12-10-24(32)11-13-25)30(27)18-22-16-17-35(21-28(22)29)39(37,38)26-14-8-23(9-15-26)31(3,4)5/h8-15,18-19,29,33H,6-7,16-17,20-21H2,1-5H3/t29-/m1/s1. The fourth-order valence-electron chi connectivity index (χ4n) is 5.70. The Morgan fingerprint density at radius 2 is 1.69 bits per heavy atom. The van der Waals surface area contributed by atoms with Crippen LogP contribution in [0.15, 0.2) is 88.1 Å². The second-order valence-corrected chi connectivity index (χ2v) is 13.5. The quantitative estimate of drug-likeness (QED) is 0.488. The van der Waals surface area contributed by atoms with Gasteiger partial charge in [-0.2, -0.15) is 4.31 Å². The van der Waals surface area contributed by atoms with Crippen molar-refractivity contribution in [3.8, 4) is 0 Å². The first-order chi connectivity index (χ1) is 18.5. The molecule has 0 saturated heterocycles. The molecule has 1 aliphatic carbocycles. The molecule has 0 amide bonds. The van der Waals surface area contributed by atoms with Crippen molar-refractivity contribution in [2.75, 3.05) is 37.7 Å². The number of allylic oxidation sites excluding steroid dienone is 2. The lowest BCUT2D eigenvalue weighted by molar-refractivity contribution is 0.273. The van der Waals surface area contributed by atoms with Gasteiger partial charge in [-0.15, -0.1) is 0 Å². The summed E-state index contributed by atoms with van der Waals surface area (Å²) in [7, 11) is -3.63. The van der Waals surface area contributed by atoms with E-state index in [2.05, 4.69) is 51.0 Å². The minimum Gasteiger partial charge on any atom is -0.303 e. The van der Waals surface area contributed by atoms with E-state index in [1.54, 1.807) is 28.6 Å². The lowest BCUT2D eigenvalue weighted by atomic mass is 9.79. The van der Waals surface area contributed by atoms with Crippen molar-refractivity contribution in [1.82, 2.24) is 14.6 Å². The Balaban J connectivity index is 1.48. The zero-order valence-corrected chi connectivity index (χ0v) is 24.4. The summed E-state index contributed by atoms with van der Waals surface area (Å²) in [5.41, 5.74) is 9.85. The molecule has 0 radical (unpaired) electrons. The molecule has 1 N–H and O–H groups in total. The number of anilines is 1. The summed E-state index contributed by atoms with van der Waals surface area (Å²) in [6.45, 7) is 14.1. The second kappa shape index (κ2) is 10.6. The maximum absolute atomic E-state index is 13.8. The number of hydrazine groups is 1. The largest absolute Gasteiger partial charge is 0.303 e. The van der Waals surface area contributed by atoms with Gasteiger partial charge < -0.3 is 10.3 Å². The van der Waals surface area contributed by atoms with Crippen LogP contribution in [0.1, 0.15) is 46.6 Å². The van der Waals surface area contributed by atoms with Gasteiger partial charge in [0.15, 0.2) is 0 Å². The van der Waals surface area contributed by atoms with Gasteiger partial charge in [-0.25, -0.2) is 12.8 Å². The van der Waals surface area contributed by atoms with Crippen molar-refractivity contribution in [2.24, 2.45) is 5.92 Å². The van der Waals surface area contributed by atoms with Gasteiger partial charge in [0.25, 0.3) is 0 Å². The molecule has 0 aromatic heterocycles. The lowest BCUT2D eigenvalue weighted by Gasteiger charge is -2.39. The number of rotatable bonds is 7. The van der Waals surface area contributed by atoms with Crippen molar-refractivity contribution in [3.05, 3.63) is 94.6 Å². The van der Waals surface area contributed by atoms with E-state index < -0.39 is 10.0 Å². The van der Waals surface area contributed by atoms with Crippen LogP contribution >= 0.6 is 0 Å². The van der Waals surface area contributed by atoms with Gasteiger partial charge in [0.1, 0.15) is 5.82 Å². The van der Waals surface area contributed by atoms with Crippen molar-refractivity contribution < 1.29 is 12.8 Å². The minimum absolute atomic E-state index is 0.0399. The van der Waals surface area contributed by atoms with E-state index in [1.807, 2.05) is 23.3 Å². The molecule has 8 heteroatoms. The van der Waals surface area contributed by atoms with E-state index in [0.717, 1.165) is 42.2 Å². The van der Waals surface area contributed by atoms with Crippen LogP contribution in [0.3, 0.4) is 0 Å². The molecule has 0 bridgehead atoms. The molecule has 2 aromatic carbocycles. The number of hydrogen-bond donors (Lipinski definition) is 1. The predicted molar refractivity (Wildman–Crippen MR) is 155 cm³/mol. The highest BCUT2D eigenvalue weighted by atomic mass is 32.2. The molecule has 3 aliphatic rings. The first kappa shape index (κ1) is 27.6. The Kier molecular flexibility index (Phi) is 7.48. The van der Waals surface area contributed by atoms with Crippen LogP contribution in [-0.2, 0) is 15.4 Å². The highest BCUT2D eigenvalue weighted by Gasteiger charge is 2.39. The number of halogens is 1. The summed E-state index contributed by atoms with van der Waals surface area (Å²) in [5.74, 6) is -0.214. The van der Waals surface area contributed by atoms with Crippen LogP contribution in [0.25, 0.3) is 0 Å². The zero-order chi connectivity index (χ0) is 27.9. The van der Waals surface area contributed by atoms with E-state index in [0.29, 0.717) is 24.4 Å². The van der Waals surface area contributed by atoms with Gasteiger partial charge in [0.05, 0.1) is 16.3 Å². The third-order valence-corrected chi connectivity index (χ3v) is 10.0. The molecule has 6 nitrogen and oxygen atoms in total. The van der Waals surface area contributed by atoms with E-state index in [-0.39, 0.29) is 17.2 Å². The number of nitrogens with zero attached hydrogens (tertiary/aromatic N) is 3. The summed E-state index contributed by atoms with van der Waals surface area (Å²) in [4.78, 5) is 2.73. The van der Waals surface area contributed by atoms with Crippen molar-refractivity contribution in [3.63, 3.8) is 0 Å². The van der Waals surface area contributed by atoms with Crippen LogP contribution in [0.5, 0.6) is 0 Å². The van der Waals surface area contributed by atoms with Crippen molar-refractivity contribution in [1.29, 1.82) is 0 Å². The molecule has 2 aliphatic heterocycles. The first-order valence-electron chi connectivity index (χ1n) is 13.8. The molecular formula is C31H39FN4O2S. The van der Waals surface area contributed by atoms with Gasteiger partial charge in [0.2, 0.25) is 10.0 Å². The molecule has 1 atom stereocenters. The van der Waals surface area contributed by atoms with E-state index >= 15 is 0 Å². The van der Waals surface area contributed by atoms with E-state index in [1.165, 1.54) is 23.3 Å². The Morgan fingerprint density at radius 1 is 1.03 bits per heavy atom. The molecule has 0 fully saturated rings. The third kappa shape index (κ3) is 5.30. The third-order valence-electron chi connectivity index (χ3n) is 8.16. The maximum atomic E-state index is 13.8. The number of fused-ring (bicyclic) bond motifs is 1. The van der Waals surface area contributed by atoms with Crippen LogP contribution < -0.4 is 10.4 Å². The lowest BCUT2D eigenvalue weighted by Crippen LogP contribution is -2.42. The molecule has 39 heavy (non-hydrogen) atoms. The van der Waals surface area contributed by atoms with Gasteiger partial charge in [-0.3, -0.25) is 5.01 Å². The minimum atomic E-state index is -3.63. The summed E-state index contributed by atoms with van der Waals surface area (Å²) in [6, 6.07) is 13.8. The van der Waals surface area contributed by atoms with Crippen molar-refractivity contribution in [2.45, 2.75) is 51.3 Å². The molecule has 208 valence electrons. The Hall–Kier alpha value is -2.94. The Bertz CT molecular complexity index is 1420. The first-order valence-corrected chi connectivity index (χ1v) is 15.3. The summed E-state index contributed by atoms with van der Waals surface area (Å²) in [6.07, 6.45) is 4.86. The van der Waals surface area contributed by atoms with E-state index in [9.17, 15) is 12.8 Å². The maximum Gasteiger partial charge on any atom is 0.243 e. The summed E-state index contributed by atoms with van der Waals surface area (Å²) in [5, 5.41) is 1.99. The number of sulfonamides is 1. The Labute approximate surface area is 232 Å². The van der Waals surface area contributed by atoms with Crippen molar-refractivity contribution >= 4 is 15.7 Å². The second-order valence-electron chi connectivity index (χ2n) is 11.5. The topological polar surface area (TPSA) is 55.9 Å². The fraction of sp³-hybridized carbons (Fsp3) is 0.419. The van der Waals surface area contributed by atoms with Gasteiger partial charge in [-0.05, 0) is 84.1 Å². The summed E-state index contributed by atoms with van der Waals surface area (Å²) < 4.78 is 42.8. The SMILES string of the molecule is CCN(CC)C[C@@H]1C2=CNN(c3ccc(F)cc3)C2=CC2=C1CN(S(=O)(=O)c1ccc(C(C)(C)C)cc1)CC2. The molecule has 2 aromatic rings. The highest BCUT2D eigenvalue weighted by molar-refractivity contribution is 7.89. The molecule has 2 heterocycles. The van der Waals surface area contributed by atoms with Gasteiger partial charge >= 0.3 is 0 Å². The highest BCUT2D eigenvalue weighted by Crippen LogP contribution is 2.43. The normalized spacial score (nSPS) is 20.0. The van der Waals surface area contributed by atoms with Crippen LogP contribution in [0.2, 0.25) is 0 Å². The number of nitrogens with one attached hydrogen (secondary N) is 1. The number of hydrogen-bond acceptors (Lipinski definition) is 5.